The van der Waals surface area contributed by atoms with E-state index < -0.39 is 0 Å². The Bertz CT molecular complexity index is 607. The predicted molar refractivity (Wildman–Crippen MR) is 83.9 cm³/mol. The average molecular weight is 289 g/mol. The number of fused-ring (bicyclic) bond motifs is 1. The van der Waals surface area contributed by atoms with Gasteiger partial charge in [-0.25, -0.2) is 0 Å². The zero-order valence-corrected chi connectivity index (χ0v) is 12.6. The van der Waals surface area contributed by atoms with Gasteiger partial charge in [0.2, 0.25) is 5.91 Å². The van der Waals surface area contributed by atoms with E-state index >= 15 is 0 Å². The molecule has 2 rings (SSSR count). The molecule has 1 aromatic heterocycles. The molecular weight excluding hydrogens is 266 g/mol. The van der Waals surface area contributed by atoms with Gasteiger partial charge in [-0.1, -0.05) is 19.1 Å². The molecule has 114 valence electrons. The lowest BCUT2D eigenvalue weighted by atomic mass is 10.1. The fourth-order valence-corrected chi connectivity index (χ4v) is 2.38. The van der Waals surface area contributed by atoms with Gasteiger partial charge < -0.3 is 20.4 Å². The fraction of sp³-hybridized carbons (Fsp3) is 0.438. The second kappa shape index (κ2) is 7.24. The van der Waals surface area contributed by atoms with Crippen LogP contribution in [0, 0.1) is 5.92 Å². The van der Waals surface area contributed by atoms with E-state index in [9.17, 15) is 4.79 Å². The summed E-state index contributed by atoms with van der Waals surface area (Å²) in [5.74, 6) is -0.446. The molecule has 0 radical (unpaired) electrons. The number of benzene rings is 1. The van der Waals surface area contributed by atoms with Gasteiger partial charge in [0.15, 0.2) is 0 Å². The highest BCUT2D eigenvalue weighted by Gasteiger charge is 2.12. The number of methoxy groups -OCH3 is 1. The van der Waals surface area contributed by atoms with Gasteiger partial charge in [-0.2, -0.15) is 0 Å². The summed E-state index contributed by atoms with van der Waals surface area (Å²) in [4.78, 5) is 11.2. The number of aromatic nitrogens is 1. The highest BCUT2D eigenvalue weighted by Crippen LogP contribution is 2.21. The van der Waals surface area contributed by atoms with Crippen molar-refractivity contribution < 1.29 is 9.53 Å². The van der Waals surface area contributed by atoms with Crippen molar-refractivity contribution in [2.24, 2.45) is 11.7 Å². The Kier molecular flexibility index (Phi) is 5.36. The average Bonchev–Trinajstić information content (AvgIpc) is 2.87. The first-order valence-corrected chi connectivity index (χ1v) is 7.19. The van der Waals surface area contributed by atoms with Crippen LogP contribution in [-0.2, 0) is 22.6 Å². The van der Waals surface area contributed by atoms with E-state index in [1.165, 1.54) is 10.9 Å². The Labute approximate surface area is 125 Å². The molecule has 0 fully saturated rings. The van der Waals surface area contributed by atoms with Crippen LogP contribution in [0.15, 0.2) is 30.5 Å². The molecule has 3 N–H and O–H groups in total. The number of amides is 1. The van der Waals surface area contributed by atoms with Crippen LogP contribution in [0.2, 0.25) is 0 Å². The summed E-state index contributed by atoms with van der Waals surface area (Å²) < 4.78 is 7.11. The second-order valence-corrected chi connectivity index (χ2v) is 5.29. The molecule has 0 aliphatic rings. The molecule has 5 heteroatoms. The van der Waals surface area contributed by atoms with E-state index in [2.05, 4.69) is 28.1 Å². The number of primary amides is 1. The molecule has 1 aromatic carbocycles. The number of rotatable bonds is 8. The fourth-order valence-electron chi connectivity index (χ4n) is 2.38. The molecule has 1 amide bonds. The quantitative estimate of drug-likeness (QED) is 0.724. The van der Waals surface area contributed by atoms with Crippen molar-refractivity contribution in [3.8, 4) is 0 Å². The van der Waals surface area contributed by atoms with Crippen LogP contribution in [0.25, 0.3) is 10.9 Å². The van der Waals surface area contributed by atoms with Crippen LogP contribution in [-0.4, -0.2) is 30.7 Å². The van der Waals surface area contributed by atoms with Crippen LogP contribution in [0.3, 0.4) is 0 Å². The van der Waals surface area contributed by atoms with Crippen molar-refractivity contribution in [3.05, 3.63) is 36.0 Å². The standard InChI is InChI=1S/C16H23N3O2/c1-12(16(17)20)11-19-8-6-14-13(4-3-5-15(14)19)10-18-7-9-21-2/h3-6,8,12,18H,7,9-11H2,1-2H3,(H2,17,20). The lowest BCUT2D eigenvalue weighted by Gasteiger charge is -2.11. The molecule has 0 spiro atoms. The molecule has 5 nitrogen and oxygen atoms in total. The first-order valence-electron chi connectivity index (χ1n) is 7.19. The van der Waals surface area contributed by atoms with Crippen molar-refractivity contribution in [2.45, 2.75) is 20.0 Å². The maximum absolute atomic E-state index is 11.2. The van der Waals surface area contributed by atoms with Crippen molar-refractivity contribution in [1.29, 1.82) is 0 Å². The van der Waals surface area contributed by atoms with Gasteiger partial charge in [-0.15, -0.1) is 0 Å². The molecule has 0 saturated carbocycles. The minimum Gasteiger partial charge on any atom is -0.383 e. The number of hydrogen-bond acceptors (Lipinski definition) is 3. The molecule has 2 aromatic rings. The van der Waals surface area contributed by atoms with Crippen LogP contribution < -0.4 is 11.1 Å². The van der Waals surface area contributed by atoms with Crippen molar-refractivity contribution in [1.82, 2.24) is 9.88 Å². The SMILES string of the molecule is COCCNCc1cccc2c1ccn2CC(C)C(N)=O. The van der Waals surface area contributed by atoms with E-state index in [1.54, 1.807) is 7.11 Å². The molecule has 1 atom stereocenters. The number of carbonyl (C=O) groups is 1. The number of hydrogen-bond donors (Lipinski definition) is 2. The summed E-state index contributed by atoms with van der Waals surface area (Å²) in [5, 5.41) is 4.56. The molecule has 0 aliphatic heterocycles. The third-order valence-electron chi connectivity index (χ3n) is 3.66. The topological polar surface area (TPSA) is 69.3 Å². The van der Waals surface area contributed by atoms with E-state index in [4.69, 9.17) is 10.5 Å². The van der Waals surface area contributed by atoms with E-state index in [1.807, 2.05) is 19.2 Å². The zero-order valence-electron chi connectivity index (χ0n) is 12.6. The first-order chi connectivity index (χ1) is 10.1. The first kappa shape index (κ1) is 15.5. The van der Waals surface area contributed by atoms with E-state index in [-0.39, 0.29) is 11.8 Å². The predicted octanol–water partition coefficient (Wildman–Crippen LogP) is 1.50. The Morgan fingerprint density at radius 1 is 1.43 bits per heavy atom. The Morgan fingerprint density at radius 3 is 2.95 bits per heavy atom. The monoisotopic (exact) mass is 289 g/mol. The number of nitrogens with one attached hydrogen (secondary N) is 1. The normalized spacial score (nSPS) is 12.7. The van der Waals surface area contributed by atoms with Crippen molar-refractivity contribution >= 4 is 16.8 Å². The van der Waals surface area contributed by atoms with Crippen molar-refractivity contribution in [2.75, 3.05) is 20.3 Å². The van der Waals surface area contributed by atoms with Gasteiger partial charge in [0.1, 0.15) is 0 Å². The van der Waals surface area contributed by atoms with Gasteiger partial charge in [-0.05, 0) is 17.7 Å². The number of nitrogens with zero attached hydrogens (tertiary/aromatic N) is 1. The number of carbonyl (C=O) groups excluding carboxylic acids is 1. The summed E-state index contributed by atoms with van der Waals surface area (Å²) >= 11 is 0. The summed E-state index contributed by atoms with van der Waals surface area (Å²) in [5.41, 5.74) is 7.72. The maximum atomic E-state index is 11.2. The van der Waals surface area contributed by atoms with Gasteiger partial charge in [0.05, 0.1) is 12.5 Å². The van der Waals surface area contributed by atoms with Gasteiger partial charge in [0.25, 0.3) is 0 Å². The third kappa shape index (κ3) is 3.83. The van der Waals surface area contributed by atoms with Crippen LogP contribution in [0.5, 0.6) is 0 Å². The number of nitrogens with two attached hydrogens (primary N) is 1. The lowest BCUT2D eigenvalue weighted by Crippen LogP contribution is -2.24. The van der Waals surface area contributed by atoms with E-state index in [0.717, 1.165) is 18.6 Å². The van der Waals surface area contributed by atoms with Crippen LogP contribution in [0.1, 0.15) is 12.5 Å². The summed E-state index contributed by atoms with van der Waals surface area (Å²) in [6, 6.07) is 8.32. The van der Waals surface area contributed by atoms with E-state index in [0.29, 0.717) is 13.2 Å². The molecular formula is C16H23N3O2. The molecule has 0 bridgehead atoms. The number of ether oxygens (including phenoxy) is 1. The molecule has 0 saturated heterocycles. The smallest absolute Gasteiger partial charge is 0.222 e. The van der Waals surface area contributed by atoms with Gasteiger partial charge in [0, 0.05) is 43.8 Å². The Morgan fingerprint density at radius 2 is 2.24 bits per heavy atom. The summed E-state index contributed by atoms with van der Waals surface area (Å²) in [6.07, 6.45) is 2.02. The van der Waals surface area contributed by atoms with Crippen molar-refractivity contribution in [3.63, 3.8) is 0 Å². The maximum Gasteiger partial charge on any atom is 0.222 e. The summed E-state index contributed by atoms with van der Waals surface area (Å²) in [6.45, 7) is 4.79. The lowest BCUT2D eigenvalue weighted by molar-refractivity contribution is -0.121. The molecule has 0 aliphatic carbocycles. The second-order valence-electron chi connectivity index (χ2n) is 5.29. The van der Waals surface area contributed by atoms with Gasteiger partial charge in [-0.3, -0.25) is 4.79 Å². The third-order valence-corrected chi connectivity index (χ3v) is 3.66. The Hall–Kier alpha value is -1.85. The minimum absolute atomic E-state index is 0.177. The zero-order chi connectivity index (χ0) is 15.2. The van der Waals surface area contributed by atoms with Gasteiger partial charge >= 0.3 is 0 Å². The molecule has 1 unspecified atom stereocenters. The largest absolute Gasteiger partial charge is 0.383 e. The van der Waals surface area contributed by atoms with Crippen LogP contribution in [0.4, 0.5) is 0 Å². The highest BCUT2D eigenvalue weighted by atomic mass is 16.5. The molecule has 21 heavy (non-hydrogen) atoms. The molecule has 1 heterocycles. The summed E-state index contributed by atoms with van der Waals surface area (Å²) in [7, 11) is 1.70. The highest BCUT2D eigenvalue weighted by molar-refractivity contribution is 5.84. The van der Waals surface area contributed by atoms with Crippen LogP contribution >= 0.6 is 0 Å². The minimum atomic E-state index is -0.269. The Balaban J connectivity index is 2.15.